The van der Waals surface area contributed by atoms with Crippen LogP contribution in [0.3, 0.4) is 0 Å². The van der Waals surface area contributed by atoms with Crippen molar-refractivity contribution in [2.45, 2.75) is 20.3 Å². The summed E-state index contributed by atoms with van der Waals surface area (Å²) in [5.41, 5.74) is -1.02. The van der Waals surface area contributed by atoms with Crippen LogP contribution >= 0.6 is 0 Å². The number of alkyl halides is 2. The van der Waals surface area contributed by atoms with Gasteiger partial charge in [0.15, 0.2) is 0 Å². The number of carbonyl (C=O) groups is 1. The van der Waals surface area contributed by atoms with E-state index in [0.717, 1.165) is 0 Å². The Balaban J connectivity index is 2.05. The quantitative estimate of drug-likeness (QED) is 0.824. The van der Waals surface area contributed by atoms with E-state index in [1.807, 2.05) is 0 Å². The zero-order valence-electron chi connectivity index (χ0n) is 12.6. The molecule has 10 heteroatoms. The monoisotopic (exact) mass is 326 g/mol. The van der Waals surface area contributed by atoms with E-state index in [-0.39, 0.29) is 18.5 Å². The van der Waals surface area contributed by atoms with Gasteiger partial charge >= 0.3 is 0 Å². The van der Waals surface area contributed by atoms with Gasteiger partial charge in [-0.15, -0.1) is 0 Å². The molecule has 0 fully saturated rings. The Kier molecular flexibility index (Phi) is 5.27. The van der Waals surface area contributed by atoms with E-state index >= 15 is 0 Å². The summed E-state index contributed by atoms with van der Waals surface area (Å²) in [6, 6.07) is 1.64. The van der Waals surface area contributed by atoms with Gasteiger partial charge in [-0.2, -0.15) is 14.8 Å². The summed E-state index contributed by atoms with van der Waals surface area (Å²) in [7, 11) is 0. The topological polar surface area (TPSA) is 94.8 Å². The second-order valence-electron chi connectivity index (χ2n) is 5.29. The van der Waals surface area contributed by atoms with Crippen LogP contribution in [0, 0.1) is 5.41 Å². The SMILES string of the molecule is CC(C)(COCC(F)F)C(=O)Nc1ncnn1-c1ncccn1. The number of aromatic nitrogens is 5. The second kappa shape index (κ2) is 7.18. The molecular weight excluding hydrogens is 310 g/mol. The van der Waals surface area contributed by atoms with E-state index in [2.05, 4.69) is 25.4 Å². The van der Waals surface area contributed by atoms with E-state index in [1.54, 1.807) is 19.9 Å². The molecule has 0 saturated carbocycles. The van der Waals surface area contributed by atoms with Gasteiger partial charge in [0.1, 0.15) is 12.9 Å². The molecule has 1 amide bonds. The molecule has 2 heterocycles. The number of amides is 1. The third-order valence-electron chi connectivity index (χ3n) is 2.84. The molecule has 0 aliphatic carbocycles. The van der Waals surface area contributed by atoms with Gasteiger partial charge in [-0.1, -0.05) is 0 Å². The Hall–Kier alpha value is -2.49. The molecule has 0 saturated heterocycles. The average Bonchev–Trinajstić information content (AvgIpc) is 2.95. The van der Waals surface area contributed by atoms with E-state index in [9.17, 15) is 13.6 Å². The Morgan fingerprint density at radius 3 is 2.70 bits per heavy atom. The van der Waals surface area contributed by atoms with Gasteiger partial charge in [0.25, 0.3) is 12.4 Å². The molecule has 1 N–H and O–H groups in total. The lowest BCUT2D eigenvalue weighted by Gasteiger charge is -2.22. The van der Waals surface area contributed by atoms with E-state index in [4.69, 9.17) is 4.74 Å². The van der Waals surface area contributed by atoms with Crippen LogP contribution in [0.25, 0.3) is 5.95 Å². The maximum Gasteiger partial charge on any atom is 0.261 e. The summed E-state index contributed by atoms with van der Waals surface area (Å²) in [6.07, 6.45) is 1.72. The molecule has 0 radical (unpaired) electrons. The lowest BCUT2D eigenvalue weighted by Crippen LogP contribution is -2.36. The lowest BCUT2D eigenvalue weighted by atomic mass is 9.94. The smallest absolute Gasteiger partial charge is 0.261 e. The number of hydrogen-bond donors (Lipinski definition) is 1. The summed E-state index contributed by atoms with van der Waals surface area (Å²) < 4.78 is 30.3. The van der Waals surface area contributed by atoms with Gasteiger partial charge in [-0.05, 0) is 19.9 Å². The van der Waals surface area contributed by atoms with Crippen LogP contribution in [-0.4, -0.2) is 50.3 Å². The number of carbonyl (C=O) groups excluding carboxylic acids is 1. The molecule has 8 nitrogen and oxygen atoms in total. The number of nitrogens with one attached hydrogen (secondary N) is 1. The fourth-order valence-corrected chi connectivity index (χ4v) is 1.61. The fourth-order valence-electron chi connectivity index (χ4n) is 1.61. The molecule has 0 atom stereocenters. The van der Waals surface area contributed by atoms with Crippen molar-refractivity contribution in [2.24, 2.45) is 5.41 Å². The standard InChI is InChI=1S/C13H16F2N6O2/c1-13(2,7-23-6-9(14)15)10(22)20-12-18-8-19-21(12)11-16-4-3-5-17-11/h3-5,8-9H,6-7H2,1-2H3,(H,18,19,20,22). The maximum absolute atomic E-state index is 12.3. The van der Waals surface area contributed by atoms with Gasteiger partial charge < -0.3 is 4.74 Å². The summed E-state index contributed by atoms with van der Waals surface area (Å²) in [4.78, 5) is 24.2. The zero-order valence-corrected chi connectivity index (χ0v) is 12.6. The normalized spacial score (nSPS) is 11.7. The van der Waals surface area contributed by atoms with Crippen molar-refractivity contribution in [3.8, 4) is 5.95 Å². The summed E-state index contributed by atoms with van der Waals surface area (Å²) in [5, 5.41) is 6.51. The predicted molar refractivity (Wildman–Crippen MR) is 76.2 cm³/mol. The van der Waals surface area contributed by atoms with Crippen LogP contribution < -0.4 is 5.32 Å². The maximum atomic E-state index is 12.3. The predicted octanol–water partition coefficient (Wildman–Crippen LogP) is 1.30. The highest BCUT2D eigenvalue weighted by Gasteiger charge is 2.30. The van der Waals surface area contributed by atoms with Gasteiger partial charge in [0.05, 0.1) is 12.0 Å². The molecule has 2 rings (SSSR count). The number of ether oxygens (including phenoxy) is 1. The number of halogens is 2. The Morgan fingerprint density at radius 1 is 1.35 bits per heavy atom. The van der Waals surface area contributed by atoms with Crippen LogP contribution in [0.15, 0.2) is 24.8 Å². The Labute approximate surface area is 130 Å². The van der Waals surface area contributed by atoms with Crippen LogP contribution in [0.5, 0.6) is 0 Å². The zero-order chi connectivity index (χ0) is 16.9. The largest absolute Gasteiger partial charge is 0.374 e. The van der Waals surface area contributed by atoms with Gasteiger partial charge in [0.2, 0.25) is 11.9 Å². The summed E-state index contributed by atoms with van der Waals surface area (Å²) in [6.45, 7) is 2.28. The third-order valence-corrected chi connectivity index (χ3v) is 2.84. The van der Waals surface area contributed by atoms with E-state index < -0.39 is 24.4 Å². The minimum absolute atomic E-state index is 0.128. The first-order chi connectivity index (χ1) is 10.9. The minimum atomic E-state index is -2.58. The molecule has 0 aromatic carbocycles. The molecule has 2 aromatic heterocycles. The number of nitrogens with zero attached hydrogens (tertiary/aromatic N) is 5. The molecular formula is C13H16F2N6O2. The lowest BCUT2D eigenvalue weighted by molar-refractivity contribution is -0.128. The molecule has 0 bridgehead atoms. The first-order valence-corrected chi connectivity index (χ1v) is 6.75. The van der Waals surface area contributed by atoms with E-state index in [0.29, 0.717) is 0 Å². The van der Waals surface area contributed by atoms with Gasteiger partial charge in [-0.3, -0.25) is 10.1 Å². The van der Waals surface area contributed by atoms with Crippen molar-refractivity contribution in [3.05, 3.63) is 24.8 Å². The average molecular weight is 326 g/mol. The van der Waals surface area contributed by atoms with Crippen molar-refractivity contribution < 1.29 is 18.3 Å². The molecule has 124 valence electrons. The van der Waals surface area contributed by atoms with Gasteiger partial charge in [0, 0.05) is 12.4 Å². The van der Waals surface area contributed by atoms with Crippen LogP contribution in [-0.2, 0) is 9.53 Å². The molecule has 0 unspecified atom stereocenters. The minimum Gasteiger partial charge on any atom is -0.374 e. The first kappa shape index (κ1) is 16.9. The van der Waals surface area contributed by atoms with Crippen molar-refractivity contribution in [1.29, 1.82) is 0 Å². The van der Waals surface area contributed by atoms with Crippen LogP contribution in [0.2, 0.25) is 0 Å². The van der Waals surface area contributed by atoms with Crippen LogP contribution in [0.4, 0.5) is 14.7 Å². The fraction of sp³-hybridized carbons (Fsp3) is 0.462. The van der Waals surface area contributed by atoms with Crippen molar-refractivity contribution in [2.75, 3.05) is 18.5 Å². The highest BCUT2D eigenvalue weighted by molar-refractivity contribution is 5.93. The highest BCUT2D eigenvalue weighted by Crippen LogP contribution is 2.19. The molecule has 0 spiro atoms. The Morgan fingerprint density at radius 2 is 2.04 bits per heavy atom. The van der Waals surface area contributed by atoms with Crippen LogP contribution in [0.1, 0.15) is 13.8 Å². The number of rotatable bonds is 7. The van der Waals surface area contributed by atoms with E-state index in [1.165, 1.54) is 23.4 Å². The van der Waals surface area contributed by atoms with Gasteiger partial charge in [-0.25, -0.2) is 18.7 Å². The third kappa shape index (κ3) is 4.49. The summed E-state index contributed by atoms with van der Waals surface area (Å²) in [5.74, 6) is -0.0767. The molecule has 2 aromatic rings. The number of anilines is 1. The van der Waals surface area contributed by atoms with Crippen molar-refractivity contribution >= 4 is 11.9 Å². The second-order valence-corrected chi connectivity index (χ2v) is 5.29. The summed E-state index contributed by atoms with van der Waals surface area (Å²) >= 11 is 0. The van der Waals surface area contributed by atoms with Crippen molar-refractivity contribution in [1.82, 2.24) is 24.7 Å². The molecule has 0 aliphatic rings. The number of hydrogen-bond acceptors (Lipinski definition) is 6. The van der Waals surface area contributed by atoms with Crippen molar-refractivity contribution in [3.63, 3.8) is 0 Å². The Bertz CT molecular complexity index is 647. The molecule has 23 heavy (non-hydrogen) atoms. The molecule has 0 aliphatic heterocycles. The highest BCUT2D eigenvalue weighted by atomic mass is 19.3. The first-order valence-electron chi connectivity index (χ1n) is 6.75.